The van der Waals surface area contributed by atoms with E-state index in [0.29, 0.717) is 0 Å². The molecule has 1 aliphatic rings. The van der Waals surface area contributed by atoms with E-state index < -0.39 is 46.9 Å². The first-order valence-electron chi connectivity index (χ1n) is 20.4. The molecule has 4 aromatic rings. The molecule has 12 heteroatoms. The molecule has 0 bridgehead atoms. The smallest absolute Gasteiger partial charge is 0.259 e. The molecular weight excluding hydrogens is 783 g/mol. The first-order valence-corrected chi connectivity index (χ1v) is 24.4. The quantitative estimate of drug-likeness (QED) is 0.0396. The molecule has 0 spiro atoms. The standard InChI is InChI=1S/C47H62FN2O7PSi/c1-33(2)50(34(3)4)58(54-31-15-30-49)56-44-42(55-43(35-18-24-39(48)25-19-35)45(44)57-59(10,11)46(5,6)7)32-53-47(36-16-13-12-14-17-36,37-20-26-40(51-8)27-21-37)38-22-28-41(52-9)29-23-38/h12-14,16-29,33-34,42-45H,15,31-32H2,1-11H3/t42-,43+,44-,45+,58?/m1/s1. The van der Waals surface area contributed by atoms with Gasteiger partial charge in [0.15, 0.2) is 8.32 Å². The minimum atomic E-state index is -2.50. The lowest BCUT2D eigenvalue weighted by atomic mass is 9.80. The van der Waals surface area contributed by atoms with E-state index in [2.05, 4.69) is 84.4 Å². The minimum Gasteiger partial charge on any atom is -0.497 e. The van der Waals surface area contributed by atoms with Crippen LogP contribution in [0.25, 0.3) is 0 Å². The molecule has 0 N–H and O–H groups in total. The Morgan fingerprint density at radius 1 is 0.780 bits per heavy atom. The van der Waals surface area contributed by atoms with E-state index in [1.165, 1.54) is 12.1 Å². The Hall–Kier alpha value is -3.69. The SMILES string of the molecule is COc1ccc(C(OC[C@H]2O[C@@H](c3ccc(F)cc3)[C@H](O[Si](C)(C)C(C)(C)C)[C@@H]2OP(OCCC#N)N(C(C)C)C(C)C)(c2ccccc2)c2ccc(OC)cc2)cc1. The number of hydrogen-bond donors (Lipinski definition) is 0. The van der Waals surface area contributed by atoms with Crippen LogP contribution in [-0.4, -0.2) is 70.8 Å². The number of ether oxygens (including phenoxy) is 4. The molecule has 1 saturated heterocycles. The van der Waals surface area contributed by atoms with Crippen LogP contribution in [0.4, 0.5) is 4.39 Å². The maximum atomic E-state index is 14.5. The highest BCUT2D eigenvalue weighted by Gasteiger charge is 2.54. The van der Waals surface area contributed by atoms with E-state index in [1.807, 2.05) is 66.7 Å². The Balaban J connectivity index is 1.70. The summed E-state index contributed by atoms with van der Waals surface area (Å²) < 4.78 is 63.6. The number of halogens is 1. The summed E-state index contributed by atoms with van der Waals surface area (Å²) in [4.78, 5) is 0. The average Bonchev–Trinajstić information content (AvgIpc) is 3.53. The largest absolute Gasteiger partial charge is 0.497 e. The number of nitrogens with zero attached hydrogens (tertiary/aromatic N) is 2. The summed E-state index contributed by atoms with van der Waals surface area (Å²) in [5.74, 6) is 1.10. The number of rotatable bonds is 19. The van der Waals surface area contributed by atoms with Gasteiger partial charge in [0.25, 0.3) is 8.53 Å². The van der Waals surface area contributed by atoms with Gasteiger partial charge in [-0.3, -0.25) is 0 Å². The molecule has 5 atom stereocenters. The Bertz CT molecular complexity index is 1880. The van der Waals surface area contributed by atoms with Crippen LogP contribution in [-0.2, 0) is 28.5 Å². The van der Waals surface area contributed by atoms with Crippen molar-refractivity contribution in [2.45, 2.75) is 115 Å². The van der Waals surface area contributed by atoms with Crippen molar-refractivity contribution in [2.24, 2.45) is 0 Å². The second-order valence-electron chi connectivity index (χ2n) is 16.9. The van der Waals surface area contributed by atoms with Crippen molar-refractivity contribution in [2.75, 3.05) is 27.4 Å². The molecule has 0 aliphatic carbocycles. The van der Waals surface area contributed by atoms with E-state index in [4.69, 9.17) is 32.4 Å². The molecule has 0 amide bonds. The zero-order chi connectivity index (χ0) is 43.0. The molecule has 4 aromatic carbocycles. The van der Waals surface area contributed by atoms with Crippen LogP contribution in [0.3, 0.4) is 0 Å². The van der Waals surface area contributed by atoms with Crippen molar-refractivity contribution in [3.05, 3.63) is 131 Å². The minimum absolute atomic E-state index is 0.0590. The van der Waals surface area contributed by atoms with Crippen molar-refractivity contribution in [3.8, 4) is 17.6 Å². The molecule has 0 radical (unpaired) electrons. The normalized spacial score (nSPS) is 19.3. The van der Waals surface area contributed by atoms with Gasteiger partial charge in [0.1, 0.15) is 47.3 Å². The van der Waals surface area contributed by atoms with Crippen molar-refractivity contribution in [1.82, 2.24) is 4.67 Å². The van der Waals surface area contributed by atoms with Crippen LogP contribution in [0.15, 0.2) is 103 Å². The van der Waals surface area contributed by atoms with Crippen molar-refractivity contribution in [3.63, 3.8) is 0 Å². The van der Waals surface area contributed by atoms with E-state index in [9.17, 15) is 9.65 Å². The molecular formula is C47H62FN2O7PSi. The molecule has 1 heterocycles. The van der Waals surface area contributed by atoms with Crippen LogP contribution in [0.1, 0.15) is 83.2 Å². The number of benzene rings is 4. The van der Waals surface area contributed by atoms with E-state index >= 15 is 0 Å². The third kappa shape index (κ3) is 10.8. The van der Waals surface area contributed by atoms with Gasteiger partial charge >= 0.3 is 0 Å². The topological polar surface area (TPSA) is 91.6 Å². The van der Waals surface area contributed by atoms with Gasteiger partial charge in [-0.05, 0) is 104 Å². The summed E-state index contributed by atoms with van der Waals surface area (Å²) >= 11 is 0. The predicted molar refractivity (Wildman–Crippen MR) is 234 cm³/mol. The van der Waals surface area contributed by atoms with E-state index in [0.717, 1.165) is 33.8 Å². The fraction of sp³-hybridized carbons (Fsp3) is 0.468. The zero-order valence-corrected chi connectivity index (χ0v) is 38.4. The third-order valence-electron chi connectivity index (χ3n) is 11.3. The molecule has 5 rings (SSSR count). The predicted octanol–water partition coefficient (Wildman–Crippen LogP) is 11.3. The van der Waals surface area contributed by atoms with Crippen LogP contribution in [0.2, 0.25) is 18.1 Å². The third-order valence-corrected chi connectivity index (χ3v) is 17.9. The van der Waals surface area contributed by atoms with Gasteiger partial charge in [0.2, 0.25) is 0 Å². The second-order valence-corrected chi connectivity index (χ2v) is 23.1. The van der Waals surface area contributed by atoms with Gasteiger partial charge in [-0.1, -0.05) is 87.5 Å². The van der Waals surface area contributed by atoms with Gasteiger partial charge in [-0.15, -0.1) is 0 Å². The van der Waals surface area contributed by atoms with Crippen LogP contribution in [0.5, 0.6) is 11.5 Å². The van der Waals surface area contributed by atoms with Crippen molar-refractivity contribution >= 4 is 16.8 Å². The monoisotopic (exact) mass is 844 g/mol. The van der Waals surface area contributed by atoms with Gasteiger partial charge in [-0.2, -0.15) is 5.26 Å². The summed E-state index contributed by atoms with van der Waals surface area (Å²) in [5, 5.41) is 9.35. The Labute approximate surface area is 353 Å². The Morgan fingerprint density at radius 3 is 1.78 bits per heavy atom. The summed E-state index contributed by atoms with van der Waals surface area (Å²) in [6.45, 7) is 19.7. The van der Waals surface area contributed by atoms with Gasteiger partial charge in [0.05, 0.1) is 39.9 Å². The first-order chi connectivity index (χ1) is 28.1. The van der Waals surface area contributed by atoms with E-state index in [-0.39, 0.29) is 42.6 Å². The van der Waals surface area contributed by atoms with Gasteiger partial charge in [0, 0.05) is 12.1 Å². The molecule has 0 aromatic heterocycles. The van der Waals surface area contributed by atoms with Crippen LogP contribution < -0.4 is 9.47 Å². The lowest BCUT2D eigenvalue weighted by Crippen LogP contribution is -2.49. The summed E-state index contributed by atoms with van der Waals surface area (Å²) in [7, 11) is -0.937. The Kier molecular flexibility index (Phi) is 15.9. The number of methoxy groups -OCH3 is 2. The number of nitriles is 1. The summed E-state index contributed by atoms with van der Waals surface area (Å²) in [6, 6.07) is 34.7. The fourth-order valence-electron chi connectivity index (χ4n) is 7.24. The van der Waals surface area contributed by atoms with Crippen LogP contribution in [0, 0.1) is 17.1 Å². The highest BCUT2D eigenvalue weighted by molar-refractivity contribution is 7.44. The lowest BCUT2D eigenvalue weighted by molar-refractivity contribution is -0.0806. The zero-order valence-electron chi connectivity index (χ0n) is 36.5. The molecule has 59 heavy (non-hydrogen) atoms. The molecule has 9 nitrogen and oxygen atoms in total. The maximum absolute atomic E-state index is 14.5. The molecule has 0 saturated carbocycles. The van der Waals surface area contributed by atoms with Crippen LogP contribution >= 0.6 is 8.53 Å². The number of hydrogen-bond acceptors (Lipinski definition) is 9. The second kappa shape index (κ2) is 20.2. The highest BCUT2D eigenvalue weighted by atomic mass is 31.2. The summed E-state index contributed by atoms with van der Waals surface area (Å²) in [6.07, 6.45) is -2.42. The molecule has 318 valence electrons. The maximum Gasteiger partial charge on any atom is 0.259 e. The van der Waals surface area contributed by atoms with Gasteiger partial charge in [-0.25, -0.2) is 9.06 Å². The van der Waals surface area contributed by atoms with Crippen molar-refractivity contribution < 1.29 is 36.8 Å². The Morgan fingerprint density at radius 2 is 1.31 bits per heavy atom. The van der Waals surface area contributed by atoms with Crippen molar-refractivity contribution in [1.29, 1.82) is 5.26 Å². The van der Waals surface area contributed by atoms with Gasteiger partial charge < -0.3 is 32.4 Å². The average molecular weight is 845 g/mol. The molecule has 1 unspecified atom stereocenters. The molecule has 1 aliphatic heterocycles. The summed E-state index contributed by atoms with van der Waals surface area (Å²) in [5.41, 5.74) is 2.30. The lowest BCUT2D eigenvalue weighted by Gasteiger charge is -2.42. The van der Waals surface area contributed by atoms with E-state index in [1.54, 1.807) is 26.4 Å². The fourth-order valence-corrected chi connectivity index (χ4v) is 10.3. The highest BCUT2D eigenvalue weighted by Crippen LogP contribution is 2.53. The first kappa shape index (κ1) is 46.4. The molecule has 1 fully saturated rings.